The molecule has 0 saturated carbocycles. The predicted octanol–water partition coefficient (Wildman–Crippen LogP) is 3.81. The van der Waals surface area contributed by atoms with Crippen molar-refractivity contribution in [3.63, 3.8) is 0 Å². The van der Waals surface area contributed by atoms with Gasteiger partial charge in [-0.15, -0.1) is 0 Å². The zero-order valence-electron chi connectivity index (χ0n) is 12.2. The number of hydrogen-bond donors (Lipinski definition) is 1. The Morgan fingerprint density at radius 3 is 2.17 bits per heavy atom. The number of benzene rings is 1. The van der Waals surface area contributed by atoms with Gasteiger partial charge in [0.1, 0.15) is 0 Å². The molecule has 1 rings (SSSR count). The van der Waals surface area contributed by atoms with Crippen LogP contribution < -0.4 is 10.2 Å². The van der Waals surface area contributed by atoms with Crippen LogP contribution in [0.15, 0.2) is 24.3 Å². The van der Waals surface area contributed by atoms with Gasteiger partial charge < -0.3 is 10.2 Å². The van der Waals surface area contributed by atoms with E-state index in [0.717, 1.165) is 26.2 Å². The molecule has 0 fully saturated rings. The summed E-state index contributed by atoms with van der Waals surface area (Å²) in [6.07, 6.45) is 3.90. The van der Waals surface area contributed by atoms with Crippen LogP contribution in [-0.2, 0) is 6.54 Å². The summed E-state index contributed by atoms with van der Waals surface area (Å²) in [7, 11) is 0. The first-order valence-electron chi connectivity index (χ1n) is 7.36. The Balaban J connectivity index is 2.35. The minimum Gasteiger partial charge on any atom is -0.372 e. The minimum atomic E-state index is 0.988. The molecule has 0 heterocycles. The van der Waals surface area contributed by atoms with Crippen molar-refractivity contribution in [1.82, 2.24) is 5.32 Å². The fraction of sp³-hybridized carbons (Fsp3) is 0.625. The zero-order valence-corrected chi connectivity index (χ0v) is 12.2. The molecule has 1 aromatic carbocycles. The molecule has 0 bridgehead atoms. The van der Waals surface area contributed by atoms with E-state index in [-0.39, 0.29) is 0 Å². The van der Waals surface area contributed by atoms with Gasteiger partial charge in [0.05, 0.1) is 0 Å². The number of rotatable bonds is 9. The second-order valence-electron chi connectivity index (χ2n) is 4.72. The van der Waals surface area contributed by atoms with Crippen molar-refractivity contribution in [2.24, 2.45) is 0 Å². The molecule has 0 spiro atoms. The number of hydrogen-bond acceptors (Lipinski definition) is 2. The second kappa shape index (κ2) is 8.98. The normalized spacial score (nSPS) is 10.6. The Kier molecular flexibility index (Phi) is 7.51. The summed E-state index contributed by atoms with van der Waals surface area (Å²) in [4.78, 5) is 2.37. The van der Waals surface area contributed by atoms with Crippen LogP contribution in [-0.4, -0.2) is 19.6 Å². The maximum atomic E-state index is 3.50. The summed E-state index contributed by atoms with van der Waals surface area (Å²) in [5.74, 6) is 0. The van der Waals surface area contributed by atoms with E-state index in [9.17, 15) is 0 Å². The Morgan fingerprint density at radius 2 is 1.61 bits per heavy atom. The van der Waals surface area contributed by atoms with Gasteiger partial charge in [-0.2, -0.15) is 0 Å². The first-order chi connectivity index (χ1) is 8.81. The molecule has 0 radical (unpaired) electrons. The van der Waals surface area contributed by atoms with Crippen LogP contribution in [0.5, 0.6) is 0 Å². The SMILES string of the molecule is CCCCCNCc1ccc(N(CC)CC)cc1. The fourth-order valence-corrected chi connectivity index (χ4v) is 2.15. The van der Waals surface area contributed by atoms with Crippen LogP contribution in [0, 0.1) is 0 Å². The Bertz CT molecular complexity index is 301. The molecular weight excluding hydrogens is 220 g/mol. The first-order valence-corrected chi connectivity index (χ1v) is 7.36. The van der Waals surface area contributed by atoms with E-state index in [4.69, 9.17) is 0 Å². The largest absolute Gasteiger partial charge is 0.372 e. The Hall–Kier alpha value is -1.02. The lowest BCUT2D eigenvalue weighted by Crippen LogP contribution is -2.21. The van der Waals surface area contributed by atoms with Gasteiger partial charge in [0.2, 0.25) is 0 Å². The molecule has 1 aromatic rings. The number of unbranched alkanes of at least 4 members (excludes halogenated alkanes) is 2. The molecular formula is C16H28N2. The van der Waals surface area contributed by atoms with Gasteiger partial charge in [-0.1, -0.05) is 31.9 Å². The lowest BCUT2D eigenvalue weighted by molar-refractivity contribution is 0.617. The van der Waals surface area contributed by atoms with Gasteiger partial charge in [0.15, 0.2) is 0 Å². The van der Waals surface area contributed by atoms with Crippen molar-refractivity contribution in [3.8, 4) is 0 Å². The monoisotopic (exact) mass is 248 g/mol. The van der Waals surface area contributed by atoms with Crippen molar-refractivity contribution in [1.29, 1.82) is 0 Å². The maximum Gasteiger partial charge on any atom is 0.0366 e. The van der Waals surface area contributed by atoms with Gasteiger partial charge >= 0.3 is 0 Å². The van der Waals surface area contributed by atoms with Crippen molar-refractivity contribution in [2.75, 3.05) is 24.5 Å². The molecule has 102 valence electrons. The first kappa shape index (κ1) is 15.0. The van der Waals surface area contributed by atoms with Crippen molar-refractivity contribution < 1.29 is 0 Å². The standard InChI is InChI=1S/C16H28N2/c1-4-7-8-13-17-14-15-9-11-16(12-10-15)18(5-2)6-3/h9-12,17H,4-8,13-14H2,1-3H3. The van der Waals surface area contributed by atoms with Crippen LogP contribution in [0.2, 0.25) is 0 Å². The summed E-state index contributed by atoms with van der Waals surface area (Å²) < 4.78 is 0. The molecule has 0 saturated heterocycles. The van der Waals surface area contributed by atoms with E-state index in [1.54, 1.807) is 0 Å². The van der Waals surface area contributed by atoms with E-state index in [0.29, 0.717) is 0 Å². The second-order valence-corrected chi connectivity index (χ2v) is 4.72. The third-order valence-corrected chi connectivity index (χ3v) is 3.35. The number of anilines is 1. The van der Waals surface area contributed by atoms with E-state index < -0.39 is 0 Å². The quantitative estimate of drug-likeness (QED) is 0.668. The molecule has 0 amide bonds. The van der Waals surface area contributed by atoms with Gasteiger partial charge in [-0.25, -0.2) is 0 Å². The summed E-state index contributed by atoms with van der Waals surface area (Å²) >= 11 is 0. The summed E-state index contributed by atoms with van der Waals surface area (Å²) in [6, 6.07) is 8.94. The molecule has 0 aromatic heterocycles. The lowest BCUT2D eigenvalue weighted by atomic mass is 10.2. The van der Waals surface area contributed by atoms with Crippen LogP contribution in [0.4, 0.5) is 5.69 Å². The average Bonchev–Trinajstić information content (AvgIpc) is 2.41. The van der Waals surface area contributed by atoms with Crippen LogP contribution >= 0.6 is 0 Å². The molecule has 0 unspecified atom stereocenters. The van der Waals surface area contributed by atoms with Crippen molar-refractivity contribution in [2.45, 2.75) is 46.6 Å². The van der Waals surface area contributed by atoms with Gasteiger partial charge in [-0.3, -0.25) is 0 Å². The van der Waals surface area contributed by atoms with Crippen LogP contribution in [0.1, 0.15) is 45.6 Å². The third-order valence-electron chi connectivity index (χ3n) is 3.35. The highest BCUT2D eigenvalue weighted by atomic mass is 15.1. The molecule has 2 heteroatoms. The van der Waals surface area contributed by atoms with E-state index >= 15 is 0 Å². The van der Waals surface area contributed by atoms with Crippen molar-refractivity contribution >= 4 is 5.69 Å². The van der Waals surface area contributed by atoms with E-state index in [2.05, 4.69) is 55.3 Å². The fourth-order valence-electron chi connectivity index (χ4n) is 2.15. The lowest BCUT2D eigenvalue weighted by Gasteiger charge is -2.21. The molecule has 2 nitrogen and oxygen atoms in total. The van der Waals surface area contributed by atoms with Gasteiger partial charge in [-0.05, 0) is 44.5 Å². The number of nitrogens with zero attached hydrogens (tertiary/aromatic N) is 1. The maximum absolute atomic E-state index is 3.50. The number of nitrogens with one attached hydrogen (secondary N) is 1. The molecule has 18 heavy (non-hydrogen) atoms. The Morgan fingerprint density at radius 1 is 0.944 bits per heavy atom. The summed E-state index contributed by atoms with van der Waals surface area (Å²) in [5, 5.41) is 3.50. The van der Waals surface area contributed by atoms with Gasteiger partial charge in [0.25, 0.3) is 0 Å². The predicted molar refractivity (Wildman–Crippen MR) is 81.2 cm³/mol. The highest BCUT2D eigenvalue weighted by Crippen LogP contribution is 2.14. The van der Waals surface area contributed by atoms with Crippen molar-refractivity contribution in [3.05, 3.63) is 29.8 Å². The van der Waals surface area contributed by atoms with E-state index in [1.165, 1.54) is 30.5 Å². The van der Waals surface area contributed by atoms with Gasteiger partial charge in [0, 0.05) is 25.3 Å². The molecule has 0 atom stereocenters. The van der Waals surface area contributed by atoms with Crippen LogP contribution in [0.25, 0.3) is 0 Å². The molecule has 0 aliphatic heterocycles. The van der Waals surface area contributed by atoms with E-state index in [1.807, 2.05) is 0 Å². The Labute approximate surface area is 112 Å². The molecule has 1 N–H and O–H groups in total. The smallest absolute Gasteiger partial charge is 0.0366 e. The summed E-state index contributed by atoms with van der Waals surface area (Å²) in [6.45, 7) is 10.9. The minimum absolute atomic E-state index is 0.988. The topological polar surface area (TPSA) is 15.3 Å². The third kappa shape index (κ3) is 5.09. The van der Waals surface area contributed by atoms with Crippen LogP contribution in [0.3, 0.4) is 0 Å². The summed E-state index contributed by atoms with van der Waals surface area (Å²) in [5.41, 5.74) is 2.71. The molecule has 0 aliphatic rings. The molecule has 0 aliphatic carbocycles. The average molecular weight is 248 g/mol. The zero-order chi connectivity index (χ0) is 13.2. The highest BCUT2D eigenvalue weighted by Gasteiger charge is 2.00. The highest BCUT2D eigenvalue weighted by molar-refractivity contribution is 5.47.